The molecular weight excluding hydrogens is 711 g/mol. The maximum atomic E-state index is 6.14. The Morgan fingerprint density at radius 1 is 0.316 bits per heavy atom. The minimum absolute atomic E-state index is 0.909. The van der Waals surface area contributed by atoms with E-state index in [1.165, 1.54) is 63.6 Å². The molecule has 3 heteroatoms. The van der Waals surface area contributed by atoms with Gasteiger partial charge in [-0.05, 0) is 115 Å². The molecule has 0 atom stereocenters. The number of para-hydroxylation sites is 1. The first kappa shape index (κ1) is 32.1. The van der Waals surface area contributed by atoms with Crippen molar-refractivity contribution >= 4 is 103 Å². The summed E-state index contributed by atoms with van der Waals surface area (Å²) >= 11 is 1.88. The van der Waals surface area contributed by atoms with Crippen LogP contribution in [-0.2, 0) is 0 Å². The average molecular weight is 744 g/mol. The third-order valence-corrected chi connectivity index (χ3v) is 12.9. The maximum absolute atomic E-state index is 6.14. The molecule has 0 aliphatic rings. The van der Waals surface area contributed by atoms with Crippen LogP contribution in [0.2, 0.25) is 0 Å². The van der Waals surface area contributed by atoms with Crippen molar-refractivity contribution in [3.63, 3.8) is 0 Å². The van der Waals surface area contributed by atoms with Crippen molar-refractivity contribution in [1.82, 2.24) is 0 Å². The fourth-order valence-corrected chi connectivity index (χ4v) is 10.2. The van der Waals surface area contributed by atoms with Gasteiger partial charge in [-0.15, -0.1) is 11.3 Å². The summed E-state index contributed by atoms with van der Waals surface area (Å²) in [4.78, 5) is 2.39. The molecule has 10 aromatic carbocycles. The highest BCUT2D eigenvalue weighted by atomic mass is 32.1. The van der Waals surface area contributed by atoms with Gasteiger partial charge in [0.25, 0.3) is 0 Å². The number of anilines is 3. The van der Waals surface area contributed by atoms with E-state index in [-0.39, 0.29) is 0 Å². The first-order valence-corrected chi connectivity index (χ1v) is 20.2. The lowest BCUT2D eigenvalue weighted by atomic mass is 9.94. The van der Waals surface area contributed by atoms with Gasteiger partial charge in [-0.3, -0.25) is 0 Å². The number of hydrogen-bond donors (Lipinski definition) is 0. The Kier molecular flexibility index (Phi) is 7.13. The Morgan fingerprint density at radius 3 is 1.56 bits per heavy atom. The molecule has 0 radical (unpaired) electrons. The summed E-state index contributed by atoms with van der Waals surface area (Å²) in [6.45, 7) is 0. The highest BCUT2D eigenvalue weighted by Gasteiger charge is 2.18. The first-order chi connectivity index (χ1) is 28.2. The van der Waals surface area contributed by atoms with Crippen LogP contribution in [0.4, 0.5) is 17.1 Å². The van der Waals surface area contributed by atoms with E-state index < -0.39 is 0 Å². The minimum atomic E-state index is 0.909. The predicted octanol–water partition coefficient (Wildman–Crippen LogP) is 16.2. The smallest absolute Gasteiger partial charge is 0.135 e. The van der Waals surface area contributed by atoms with Crippen LogP contribution in [0.5, 0.6) is 0 Å². The maximum Gasteiger partial charge on any atom is 0.135 e. The summed E-state index contributed by atoms with van der Waals surface area (Å²) < 4.78 is 8.79. The molecule has 0 spiro atoms. The van der Waals surface area contributed by atoms with Crippen LogP contribution in [0.25, 0.3) is 96.7 Å². The standard InChI is InChI=1S/C54H33NOS/c1-2-12-43-41(10-1)42-11-3-4-13-44(42)49-33-39(29-30-45(43)49)55(37-25-20-34(21-26-37)36-24-31-52-50(32-36)46-14-5-7-18-51(46)56-52)38-27-22-35(23-28-38)40-16-9-17-48-47-15-6-8-19-53(47)57-54(40)48/h1-33H. The Balaban J connectivity index is 1.01. The summed E-state index contributed by atoms with van der Waals surface area (Å²) in [6, 6.07) is 72.8. The van der Waals surface area contributed by atoms with Crippen molar-refractivity contribution in [2.24, 2.45) is 0 Å². The lowest BCUT2D eigenvalue weighted by Crippen LogP contribution is -2.10. The molecule has 2 nitrogen and oxygen atoms in total. The molecule has 266 valence electrons. The van der Waals surface area contributed by atoms with Crippen molar-refractivity contribution in [2.75, 3.05) is 4.90 Å². The number of thiophene rings is 1. The van der Waals surface area contributed by atoms with E-state index in [0.717, 1.165) is 50.1 Å². The molecule has 0 aliphatic carbocycles. The van der Waals surface area contributed by atoms with Crippen LogP contribution in [-0.4, -0.2) is 0 Å². The van der Waals surface area contributed by atoms with Crippen molar-refractivity contribution in [3.05, 3.63) is 200 Å². The van der Waals surface area contributed by atoms with Gasteiger partial charge in [-0.2, -0.15) is 0 Å². The molecule has 0 aliphatic heterocycles. The zero-order valence-electron chi connectivity index (χ0n) is 30.8. The van der Waals surface area contributed by atoms with E-state index in [1.54, 1.807) is 0 Å². The number of hydrogen-bond acceptors (Lipinski definition) is 3. The molecule has 12 rings (SSSR count). The van der Waals surface area contributed by atoms with Gasteiger partial charge >= 0.3 is 0 Å². The number of furan rings is 1. The van der Waals surface area contributed by atoms with Crippen molar-refractivity contribution in [1.29, 1.82) is 0 Å². The third-order valence-electron chi connectivity index (χ3n) is 11.7. The summed E-state index contributed by atoms with van der Waals surface area (Å²) in [7, 11) is 0. The van der Waals surface area contributed by atoms with Gasteiger partial charge in [0.15, 0.2) is 0 Å². The summed E-state index contributed by atoms with van der Waals surface area (Å²) in [5, 5.41) is 12.5. The normalized spacial score (nSPS) is 11.9. The number of fused-ring (bicyclic) bond motifs is 12. The second kappa shape index (κ2) is 12.7. The minimum Gasteiger partial charge on any atom is -0.456 e. The van der Waals surface area contributed by atoms with Crippen LogP contribution >= 0.6 is 11.3 Å². The second-order valence-electron chi connectivity index (χ2n) is 14.8. The summed E-state index contributed by atoms with van der Waals surface area (Å²) in [5.74, 6) is 0. The van der Waals surface area contributed by atoms with Crippen LogP contribution in [0, 0.1) is 0 Å². The van der Waals surface area contributed by atoms with Crippen molar-refractivity contribution in [2.45, 2.75) is 0 Å². The highest BCUT2D eigenvalue weighted by Crippen LogP contribution is 2.44. The topological polar surface area (TPSA) is 16.4 Å². The van der Waals surface area contributed by atoms with E-state index in [0.29, 0.717) is 0 Å². The van der Waals surface area contributed by atoms with E-state index >= 15 is 0 Å². The fourth-order valence-electron chi connectivity index (χ4n) is 8.96. The number of rotatable bonds is 5. The SMILES string of the molecule is c1ccc2c(c1)oc1ccc(-c3ccc(N(c4ccc(-c5cccc6c5sc5ccccc56)cc4)c4ccc5c6ccccc6c6ccccc6c5c4)cc3)cc12. The molecule has 0 saturated carbocycles. The van der Waals surface area contributed by atoms with Gasteiger partial charge < -0.3 is 9.32 Å². The van der Waals surface area contributed by atoms with Crippen molar-refractivity contribution in [3.8, 4) is 22.3 Å². The van der Waals surface area contributed by atoms with E-state index in [2.05, 4.69) is 193 Å². The third kappa shape index (κ3) is 5.10. The molecule has 0 amide bonds. The monoisotopic (exact) mass is 743 g/mol. The Hall–Kier alpha value is -7.20. The van der Waals surface area contributed by atoms with E-state index in [9.17, 15) is 0 Å². The van der Waals surface area contributed by atoms with Gasteiger partial charge in [0, 0.05) is 48.0 Å². The van der Waals surface area contributed by atoms with Crippen molar-refractivity contribution < 1.29 is 4.42 Å². The second-order valence-corrected chi connectivity index (χ2v) is 15.9. The van der Waals surface area contributed by atoms with Gasteiger partial charge in [-0.25, -0.2) is 0 Å². The van der Waals surface area contributed by atoms with Gasteiger partial charge in [0.2, 0.25) is 0 Å². The van der Waals surface area contributed by atoms with Gasteiger partial charge in [0.1, 0.15) is 11.2 Å². The summed E-state index contributed by atoms with van der Waals surface area (Å²) in [5.41, 5.74) is 9.94. The Labute approximate surface area is 333 Å². The Morgan fingerprint density at radius 2 is 0.842 bits per heavy atom. The average Bonchev–Trinajstić information content (AvgIpc) is 3.85. The molecule has 0 bridgehead atoms. The molecular formula is C54H33NOS. The van der Waals surface area contributed by atoms with E-state index in [4.69, 9.17) is 4.42 Å². The lowest BCUT2D eigenvalue weighted by Gasteiger charge is -2.27. The molecule has 0 saturated heterocycles. The van der Waals surface area contributed by atoms with E-state index in [1.807, 2.05) is 23.5 Å². The van der Waals surface area contributed by atoms with Gasteiger partial charge in [0.05, 0.1) is 0 Å². The largest absolute Gasteiger partial charge is 0.456 e. The molecule has 0 N–H and O–H groups in total. The predicted molar refractivity (Wildman–Crippen MR) is 245 cm³/mol. The molecule has 57 heavy (non-hydrogen) atoms. The Bertz CT molecular complexity index is 3480. The van der Waals surface area contributed by atoms with Crippen LogP contribution < -0.4 is 4.90 Å². The zero-order valence-corrected chi connectivity index (χ0v) is 31.6. The zero-order chi connectivity index (χ0) is 37.5. The molecule has 2 heterocycles. The molecule has 12 aromatic rings. The van der Waals surface area contributed by atoms with Gasteiger partial charge in [-0.1, -0.05) is 140 Å². The molecule has 2 aromatic heterocycles. The van der Waals surface area contributed by atoms with Crippen LogP contribution in [0.3, 0.4) is 0 Å². The number of benzene rings is 10. The van der Waals surface area contributed by atoms with Crippen LogP contribution in [0.1, 0.15) is 0 Å². The molecule has 0 unspecified atom stereocenters. The quantitative estimate of drug-likeness (QED) is 0.163. The fraction of sp³-hybridized carbons (Fsp3) is 0. The van der Waals surface area contributed by atoms with Crippen LogP contribution in [0.15, 0.2) is 205 Å². The molecule has 0 fully saturated rings. The highest BCUT2D eigenvalue weighted by molar-refractivity contribution is 7.26. The summed E-state index contributed by atoms with van der Waals surface area (Å²) in [6.07, 6.45) is 0. The number of nitrogens with zero attached hydrogens (tertiary/aromatic N) is 1. The lowest BCUT2D eigenvalue weighted by molar-refractivity contribution is 0.669. The first-order valence-electron chi connectivity index (χ1n) is 19.4.